The maximum atomic E-state index is 15.1. The minimum absolute atomic E-state index is 0.163. The van der Waals surface area contributed by atoms with E-state index in [0.29, 0.717) is 21.5 Å². The van der Waals surface area contributed by atoms with E-state index in [-0.39, 0.29) is 9.79 Å². The van der Waals surface area contributed by atoms with Crippen LogP contribution in [-0.2, 0) is 24.5 Å². The van der Waals surface area contributed by atoms with Crippen molar-refractivity contribution in [3.8, 4) is 0 Å². The Hall–Kier alpha value is -4.39. The van der Waals surface area contributed by atoms with Crippen molar-refractivity contribution in [2.45, 2.75) is 32.3 Å². The maximum Gasteiger partial charge on any atom is 0.320 e. The Morgan fingerprint density at radius 1 is 0.800 bits per heavy atom. The molecule has 0 amide bonds. The van der Waals surface area contributed by atoms with Crippen molar-refractivity contribution in [1.29, 1.82) is 0 Å². The molecule has 5 rings (SSSR count). The summed E-state index contributed by atoms with van der Waals surface area (Å²) in [5, 5.41) is 20.5. The molecule has 0 aliphatic heterocycles. The van der Waals surface area contributed by atoms with Crippen LogP contribution in [0.2, 0.25) is 0 Å². The zero-order valence-corrected chi connectivity index (χ0v) is 26.9. The highest BCUT2D eigenvalue weighted by Crippen LogP contribution is 2.46. The number of hydrogen-bond acceptors (Lipinski definition) is 9. The third kappa shape index (κ3) is 5.22. The van der Waals surface area contributed by atoms with Gasteiger partial charge in [-0.1, -0.05) is 54.6 Å². The van der Waals surface area contributed by atoms with Crippen molar-refractivity contribution in [2.24, 2.45) is 5.73 Å². The summed E-state index contributed by atoms with van der Waals surface area (Å²) >= 11 is 0. The second-order valence-electron chi connectivity index (χ2n) is 11.5. The fourth-order valence-electron chi connectivity index (χ4n) is 6.13. The quantitative estimate of drug-likeness (QED) is 0.239. The molecule has 0 saturated heterocycles. The molecule has 4 aromatic carbocycles. The van der Waals surface area contributed by atoms with Crippen LogP contribution < -0.4 is 15.5 Å². The summed E-state index contributed by atoms with van der Waals surface area (Å²) in [5.74, 6) is -1.97. The SMILES string of the molecule is CN(C)c1cccc2c(S(=O)(=O)C3C=C(O)C=CC3(C[C@H](N)C(=O)O)S(=O)(=O)c3cccc4c(N(C)C)cccc34)cccc12. The Labute approximate surface area is 262 Å². The molecule has 0 bridgehead atoms. The fraction of sp³-hybridized carbons (Fsp3) is 0.242. The molecule has 0 saturated carbocycles. The summed E-state index contributed by atoms with van der Waals surface area (Å²) in [5.41, 5.74) is 7.49. The van der Waals surface area contributed by atoms with Crippen molar-refractivity contribution < 1.29 is 31.8 Å². The average molecular weight is 650 g/mol. The normalized spacial score (nSPS) is 19.3. The molecular weight excluding hydrogens is 615 g/mol. The van der Waals surface area contributed by atoms with Crippen molar-refractivity contribution in [1.82, 2.24) is 0 Å². The highest BCUT2D eigenvalue weighted by molar-refractivity contribution is 7.97. The monoisotopic (exact) mass is 649 g/mol. The number of rotatable bonds is 9. The molecule has 45 heavy (non-hydrogen) atoms. The number of aliphatic hydroxyl groups is 1. The second-order valence-corrected chi connectivity index (χ2v) is 15.8. The van der Waals surface area contributed by atoms with Gasteiger partial charge < -0.3 is 25.7 Å². The molecule has 0 radical (unpaired) electrons. The van der Waals surface area contributed by atoms with Crippen LogP contribution in [-0.4, -0.2) is 77.2 Å². The summed E-state index contributed by atoms with van der Waals surface area (Å²) < 4.78 is 57.4. The van der Waals surface area contributed by atoms with Gasteiger partial charge in [-0.3, -0.25) is 4.79 Å². The van der Waals surface area contributed by atoms with Crippen LogP contribution in [0.1, 0.15) is 6.42 Å². The highest BCUT2D eigenvalue weighted by Gasteiger charge is 2.57. The molecule has 2 unspecified atom stereocenters. The van der Waals surface area contributed by atoms with Gasteiger partial charge in [0.2, 0.25) is 0 Å². The zero-order valence-electron chi connectivity index (χ0n) is 25.2. The van der Waals surface area contributed by atoms with Crippen molar-refractivity contribution in [3.05, 3.63) is 96.8 Å². The lowest BCUT2D eigenvalue weighted by atomic mass is 9.91. The average Bonchev–Trinajstić information content (AvgIpc) is 3.00. The van der Waals surface area contributed by atoms with Gasteiger partial charge in [0, 0.05) is 61.1 Å². The van der Waals surface area contributed by atoms with Gasteiger partial charge in [-0.15, -0.1) is 0 Å². The summed E-state index contributed by atoms with van der Waals surface area (Å²) in [6, 6.07) is 18.0. The number of anilines is 2. The van der Waals surface area contributed by atoms with Gasteiger partial charge >= 0.3 is 5.97 Å². The molecule has 4 aromatic rings. The zero-order chi connectivity index (χ0) is 32.9. The van der Waals surface area contributed by atoms with Crippen molar-refractivity contribution >= 4 is 58.6 Å². The first-order chi connectivity index (χ1) is 21.1. The van der Waals surface area contributed by atoms with Crippen molar-refractivity contribution in [3.63, 3.8) is 0 Å². The van der Waals surface area contributed by atoms with E-state index in [2.05, 4.69) is 0 Å². The molecule has 10 nitrogen and oxygen atoms in total. The van der Waals surface area contributed by atoms with Gasteiger partial charge in [0.1, 0.15) is 21.8 Å². The number of nitrogens with two attached hydrogens (primary N) is 1. The molecule has 236 valence electrons. The largest absolute Gasteiger partial charge is 0.508 e. The number of aliphatic carboxylic acids is 1. The third-order valence-corrected chi connectivity index (χ3v) is 13.1. The first kappa shape index (κ1) is 32.0. The fourth-order valence-corrected chi connectivity index (χ4v) is 11.1. The van der Waals surface area contributed by atoms with Crippen LogP contribution in [0.5, 0.6) is 0 Å². The lowest BCUT2D eigenvalue weighted by Gasteiger charge is -2.39. The lowest BCUT2D eigenvalue weighted by Crippen LogP contribution is -2.55. The second kappa shape index (κ2) is 11.5. The Bertz CT molecular complexity index is 2110. The van der Waals surface area contributed by atoms with E-state index in [1.807, 2.05) is 50.1 Å². The van der Waals surface area contributed by atoms with E-state index in [4.69, 9.17) is 5.73 Å². The Balaban J connectivity index is 1.84. The number of carbonyl (C=O) groups is 1. The number of allylic oxidation sites excluding steroid dienone is 1. The molecule has 0 aromatic heterocycles. The Kier molecular flexibility index (Phi) is 8.19. The highest BCUT2D eigenvalue weighted by atomic mass is 32.2. The van der Waals surface area contributed by atoms with Crippen LogP contribution in [0.4, 0.5) is 11.4 Å². The number of benzene rings is 4. The predicted octanol–water partition coefficient (Wildman–Crippen LogP) is 4.29. The van der Waals surface area contributed by atoms with Gasteiger partial charge in [-0.2, -0.15) is 0 Å². The number of fused-ring (bicyclic) bond motifs is 2. The summed E-state index contributed by atoms with van der Waals surface area (Å²) in [6.07, 6.45) is 2.34. The van der Waals surface area contributed by atoms with Crippen molar-refractivity contribution in [2.75, 3.05) is 38.0 Å². The summed E-state index contributed by atoms with van der Waals surface area (Å²) in [4.78, 5) is 15.4. The Morgan fingerprint density at radius 3 is 1.78 bits per heavy atom. The van der Waals surface area contributed by atoms with E-state index in [0.717, 1.165) is 29.6 Å². The summed E-state index contributed by atoms with van der Waals surface area (Å²) in [7, 11) is -2.14. The molecule has 1 aliphatic rings. The van der Waals surface area contributed by atoms with Gasteiger partial charge in [-0.25, -0.2) is 16.8 Å². The molecule has 12 heteroatoms. The van der Waals surface area contributed by atoms with Gasteiger partial charge in [0.25, 0.3) is 0 Å². The van der Waals surface area contributed by atoms with E-state index in [1.54, 1.807) is 48.5 Å². The third-order valence-electron chi connectivity index (χ3n) is 8.31. The van der Waals surface area contributed by atoms with E-state index in [1.165, 1.54) is 12.1 Å². The molecular formula is C33H35N3O7S2. The van der Waals surface area contributed by atoms with Gasteiger partial charge in [-0.05, 0) is 42.8 Å². The number of aliphatic hydroxyl groups excluding tert-OH is 1. The first-order valence-corrected chi connectivity index (χ1v) is 17.1. The molecule has 4 N–H and O–H groups in total. The number of hydrogen-bond donors (Lipinski definition) is 3. The summed E-state index contributed by atoms with van der Waals surface area (Å²) in [6.45, 7) is 0. The van der Waals surface area contributed by atoms with E-state index < -0.39 is 53.9 Å². The van der Waals surface area contributed by atoms with E-state index in [9.17, 15) is 23.4 Å². The van der Waals surface area contributed by atoms with Gasteiger partial charge in [0.15, 0.2) is 19.7 Å². The molecule has 0 fully saturated rings. The number of carboxylic acid groups (broad SMARTS) is 1. The maximum absolute atomic E-state index is 15.1. The molecule has 3 atom stereocenters. The number of nitrogens with zero attached hydrogens (tertiary/aromatic N) is 2. The number of sulfone groups is 2. The first-order valence-electron chi connectivity index (χ1n) is 14.1. The number of carboxylic acids is 1. The predicted molar refractivity (Wildman–Crippen MR) is 178 cm³/mol. The minimum atomic E-state index is -4.75. The van der Waals surface area contributed by atoms with Crippen LogP contribution in [0, 0.1) is 0 Å². The topological polar surface area (TPSA) is 158 Å². The van der Waals surface area contributed by atoms with Crippen LogP contribution >= 0.6 is 0 Å². The lowest BCUT2D eigenvalue weighted by molar-refractivity contribution is -0.138. The Morgan fingerprint density at radius 2 is 1.27 bits per heavy atom. The van der Waals surface area contributed by atoms with Crippen LogP contribution in [0.15, 0.2) is 107 Å². The minimum Gasteiger partial charge on any atom is -0.508 e. The van der Waals surface area contributed by atoms with E-state index >= 15 is 8.42 Å². The standard InChI is InChI=1S/C33H35N3O7S2/c1-35(2)27-13-5-11-24-22(27)9-7-15-29(24)44(40,41)31-19-21(37)17-18-33(31,20-26(34)32(38)39)45(42,43)30-16-8-10-23-25(30)12-6-14-28(23)36(3)4/h5-19,26,31,37H,20,34H2,1-4H3,(H,38,39)/t26-,31?,33?/m0/s1. The van der Waals surface area contributed by atoms with Crippen LogP contribution in [0.25, 0.3) is 21.5 Å². The molecule has 0 heterocycles. The smallest absolute Gasteiger partial charge is 0.320 e. The van der Waals surface area contributed by atoms with Gasteiger partial charge in [0.05, 0.1) is 9.79 Å². The molecule has 0 spiro atoms. The van der Waals surface area contributed by atoms with Crippen LogP contribution in [0.3, 0.4) is 0 Å². The molecule has 1 aliphatic carbocycles.